The first-order chi connectivity index (χ1) is 8.36. The summed E-state index contributed by atoms with van der Waals surface area (Å²) in [5.74, 6) is 0.347. The summed E-state index contributed by atoms with van der Waals surface area (Å²) in [6, 6.07) is 7.43. The predicted molar refractivity (Wildman–Crippen MR) is 79.7 cm³/mol. The van der Waals surface area contributed by atoms with Gasteiger partial charge in [-0.05, 0) is 18.1 Å². The van der Waals surface area contributed by atoms with Crippen LogP contribution in [0.25, 0.3) is 0 Å². The molecule has 0 fully saturated rings. The molecule has 0 heterocycles. The highest BCUT2D eigenvalue weighted by molar-refractivity contribution is 7.80. The van der Waals surface area contributed by atoms with Gasteiger partial charge in [-0.2, -0.15) is 0 Å². The molecule has 0 saturated heterocycles. The highest BCUT2D eigenvalue weighted by Crippen LogP contribution is 2.22. The standard InChI is InChI=1S/C14H20N2OS/c1-9(2)10(3)14(17)16(4)12-8-6-5-7-11(12)13(15)18/h5-10H,1-4H3,(H2,15,18). The quantitative estimate of drug-likeness (QED) is 0.850. The van der Waals surface area contributed by atoms with E-state index in [9.17, 15) is 4.79 Å². The van der Waals surface area contributed by atoms with Crippen LogP contribution in [0.1, 0.15) is 26.3 Å². The van der Waals surface area contributed by atoms with E-state index in [1.807, 2.05) is 45.0 Å². The number of thiocarbonyl (C=S) groups is 1. The van der Waals surface area contributed by atoms with E-state index in [1.165, 1.54) is 0 Å². The van der Waals surface area contributed by atoms with Crippen molar-refractivity contribution in [3.63, 3.8) is 0 Å². The molecule has 0 radical (unpaired) electrons. The third-order valence-electron chi connectivity index (χ3n) is 3.25. The number of hydrogen-bond acceptors (Lipinski definition) is 2. The molecular weight excluding hydrogens is 244 g/mol. The van der Waals surface area contributed by atoms with Crippen molar-refractivity contribution in [2.75, 3.05) is 11.9 Å². The average molecular weight is 264 g/mol. The summed E-state index contributed by atoms with van der Waals surface area (Å²) in [4.78, 5) is 14.2. The predicted octanol–water partition coefficient (Wildman–Crippen LogP) is 2.58. The van der Waals surface area contributed by atoms with Crippen LogP contribution in [0.2, 0.25) is 0 Å². The Balaban J connectivity index is 3.07. The molecule has 0 bridgehead atoms. The van der Waals surface area contributed by atoms with Gasteiger partial charge in [0, 0.05) is 18.5 Å². The van der Waals surface area contributed by atoms with E-state index in [-0.39, 0.29) is 11.8 Å². The van der Waals surface area contributed by atoms with Gasteiger partial charge in [0.25, 0.3) is 0 Å². The van der Waals surface area contributed by atoms with Crippen molar-refractivity contribution in [1.82, 2.24) is 0 Å². The molecule has 0 saturated carbocycles. The monoisotopic (exact) mass is 264 g/mol. The van der Waals surface area contributed by atoms with Crippen LogP contribution in [0.4, 0.5) is 5.69 Å². The molecule has 0 aliphatic heterocycles. The van der Waals surface area contributed by atoms with Crippen LogP contribution in [-0.2, 0) is 4.79 Å². The largest absolute Gasteiger partial charge is 0.389 e. The van der Waals surface area contributed by atoms with E-state index in [4.69, 9.17) is 18.0 Å². The van der Waals surface area contributed by atoms with Gasteiger partial charge in [0.2, 0.25) is 5.91 Å². The van der Waals surface area contributed by atoms with E-state index in [0.717, 1.165) is 11.3 Å². The zero-order valence-corrected chi connectivity index (χ0v) is 12.1. The zero-order valence-electron chi connectivity index (χ0n) is 11.3. The van der Waals surface area contributed by atoms with Crippen molar-refractivity contribution in [3.8, 4) is 0 Å². The Hall–Kier alpha value is -1.42. The first-order valence-corrected chi connectivity index (χ1v) is 6.43. The molecule has 4 heteroatoms. The number of nitrogens with two attached hydrogens (primary N) is 1. The summed E-state index contributed by atoms with van der Waals surface area (Å²) in [6.07, 6.45) is 0. The van der Waals surface area contributed by atoms with E-state index in [1.54, 1.807) is 11.9 Å². The van der Waals surface area contributed by atoms with E-state index in [2.05, 4.69) is 0 Å². The Morgan fingerprint density at radius 3 is 2.33 bits per heavy atom. The number of carbonyl (C=O) groups is 1. The molecule has 1 amide bonds. The molecule has 0 aliphatic rings. The van der Waals surface area contributed by atoms with Gasteiger partial charge in [-0.1, -0.05) is 45.1 Å². The number of carbonyl (C=O) groups excluding carboxylic acids is 1. The Kier molecular flexibility index (Phi) is 4.84. The molecule has 0 aromatic heterocycles. The minimum atomic E-state index is -0.0330. The van der Waals surface area contributed by atoms with Gasteiger partial charge in [0.1, 0.15) is 4.99 Å². The fourth-order valence-electron chi connectivity index (χ4n) is 1.68. The van der Waals surface area contributed by atoms with Crippen molar-refractivity contribution in [1.29, 1.82) is 0 Å². The second-order valence-corrected chi connectivity index (χ2v) is 5.25. The van der Waals surface area contributed by atoms with E-state index >= 15 is 0 Å². The lowest BCUT2D eigenvalue weighted by atomic mass is 9.96. The minimum absolute atomic E-state index is 0.0330. The molecule has 1 rings (SSSR count). The van der Waals surface area contributed by atoms with Crippen LogP contribution >= 0.6 is 12.2 Å². The number of anilines is 1. The molecule has 0 spiro atoms. The van der Waals surface area contributed by atoms with Crippen molar-refractivity contribution in [2.24, 2.45) is 17.6 Å². The van der Waals surface area contributed by atoms with Gasteiger partial charge >= 0.3 is 0 Å². The number of rotatable bonds is 4. The van der Waals surface area contributed by atoms with E-state index in [0.29, 0.717) is 10.9 Å². The smallest absolute Gasteiger partial charge is 0.229 e. The number of amides is 1. The van der Waals surface area contributed by atoms with Crippen molar-refractivity contribution >= 4 is 28.8 Å². The van der Waals surface area contributed by atoms with Gasteiger partial charge < -0.3 is 10.6 Å². The van der Waals surface area contributed by atoms with Crippen LogP contribution in [-0.4, -0.2) is 17.9 Å². The van der Waals surface area contributed by atoms with Gasteiger partial charge in [-0.3, -0.25) is 4.79 Å². The lowest BCUT2D eigenvalue weighted by Crippen LogP contribution is -2.35. The summed E-state index contributed by atoms with van der Waals surface area (Å²) >= 11 is 5.01. The average Bonchev–Trinajstić information content (AvgIpc) is 2.35. The van der Waals surface area contributed by atoms with Crippen LogP contribution < -0.4 is 10.6 Å². The maximum absolute atomic E-state index is 12.3. The van der Waals surface area contributed by atoms with Gasteiger partial charge in [-0.25, -0.2) is 0 Å². The first-order valence-electron chi connectivity index (χ1n) is 6.02. The highest BCUT2D eigenvalue weighted by Gasteiger charge is 2.23. The fraction of sp³-hybridized carbons (Fsp3) is 0.429. The normalized spacial score (nSPS) is 12.3. The molecule has 2 N–H and O–H groups in total. The summed E-state index contributed by atoms with van der Waals surface area (Å²) in [7, 11) is 1.76. The molecule has 1 atom stereocenters. The highest BCUT2D eigenvalue weighted by atomic mass is 32.1. The number of para-hydroxylation sites is 1. The van der Waals surface area contributed by atoms with Crippen LogP contribution in [0.5, 0.6) is 0 Å². The van der Waals surface area contributed by atoms with Crippen LogP contribution in [0, 0.1) is 11.8 Å². The minimum Gasteiger partial charge on any atom is -0.389 e. The maximum Gasteiger partial charge on any atom is 0.229 e. The maximum atomic E-state index is 12.3. The molecule has 1 aromatic rings. The van der Waals surface area contributed by atoms with Gasteiger partial charge in [0.15, 0.2) is 0 Å². The Labute approximate surface area is 114 Å². The number of benzene rings is 1. The Morgan fingerprint density at radius 2 is 1.83 bits per heavy atom. The zero-order chi connectivity index (χ0) is 13.9. The van der Waals surface area contributed by atoms with E-state index < -0.39 is 0 Å². The van der Waals surface area contributed by atoms with Crippen molar-refractivity contribution in [2.45, 2.75) is 20.8 Å². The SMILES string of the molecule is CC(C)C(C)C(=O)N(C)c1ccccc1C(N)=S. The lowest BCUT2D eigenvalue weighted by molar-refractivity contribution is -0.122. The summed E-state index contributed by atoms with van der Waals surface area (Å²) < 4.78 is 0. The second kappa shape index (κ2) is 5.96. The fourth-order valence-corrected chi connectivity index (χ4v) is 1.86. The lowest BCUT2D eigenvalue weighted by Gasteiger charge is -2.25. The third-order valence-corrected chi connectivity index (χ3v) is 3.47. The van der Waals surface area contributed by atoms with Crippen LogP contribution in [0.3, 0.4) is 0 Å². The topological polar surface area (TPSA) is 46.3 Å². The van der Waals surface area contributed by atoms with Crippen molar-refractivity contribution in [3.05, 3.63) is 29.8 Å². The van der Waals surface area contributed by atoms with Gasteiger partial charge in [0.05, 0.1) is 5.69 Å². The molecule has 1 aromatic carbocycles. The van der Waals surface area contributed by atoms with Gasteiger partial charge in [-0.15, -0.1) is 0 Å². The third kappa shape index (κ3) is 3.07. The summed E-state index contributed by atoms with van der Waals surface area (Å²) in [6.45, 7) is 6.01. The molecule has 1 unspecified atom stereocenters. The molecular formula is C14H20N2OS. The summed E-state index contributed by atoms with van der Waals surface area (Å²) in [5, 5.41) is 0. The van der Waals surface area contributed by atoms with Crippen molar-refractivity contribution < 1.29 is 4.79 Å². The molecule has 18 heavy (non-hydrogen) atoms. The van der Waals surface area contributed by atoms with Crippen LogP contribution in [0.15, 0.2) is 24.3 Å². The molecule has 98 valence electrons. The first kappa shape index (κ1) is 14.6. The summed E-state index contributed by atoms with van der Waals surface area (Å²) in [5.41, 5.74) is 7.18. The Morgan fingerprint density at radius 1 is 1.28 bits per heavy atom. The second-order valence-electron chi connectivity index (χ2n) is 4.81. The number of hydrogen-bond donors (Lipinski definition) is 1. The molecule has 0 aliphatic carbocycles. The molecule has 3 nitrogen and oxygen atoms in total. The Bertz CT molecular complexity index is 457. The number of nitrogens with zero attached hydrogens (tertiary/aromatic N) is 1.